The predicted molar refractivity (Wildman–Crippen MR) is 81.4 cm³/mol. The normalized spacial score (nSPS) is 23.3. The van der Waals surface area contributed by atoms with Gasteiger partial charge in [-0.3, -0.25) is 4.90 Å². The van der Waals surface area contributed by atoms with Crippen LogP contribution in [0.15, 0.2) is 23.8 Å². The number of aryl methyl sites for hydroxylation is 3. The fraction of sp³-hybridized carbons (Fsp3) is 0.556. The number of benzene rings is 1. The summed E-state index contributed by atoms with van der Waals surface area (Å²) in [6.07, 6.45) is 7.85. The van der Waals surface area contributed by atoms with E-state index in [9.17, 15) is 0 Å². The van der Waals surface area contributed by atoms with Crippen LogP contribution < -0.4 is 0 Å². The van der Waals surface area contributed by atoms with E-state index in [0.29, 0.717) is 0 Å². The van der Waals surface area contributed by atoms with Crippen molar-refractivity contribution in [2.75, 3.05) is 6.54 Å². The summed E-state index contributed by atoms with van der Waals surface area (Å²) in [6, 6.07) is 5.40. The first-order valence-corrected chi connectivity index (χ1v) is 7.65. The lowest BCUT2D eigenvalue weighted by Crippen LogP contribution is -2.31. The Balaban J connectivity index is 1.83. The van der Waals surface area contributed by atoms with Crippen LogP contribution in [0, 0.1) is 20.8 Å². The summed E-state index contributed by atoms with van der Waals surface area (Å²) in [4.78, 5) is 2.70. The molecule has 0 radical (unpaired) electrons. The van der Waals surface area contributed by atoms with Crippen LogP contribution in [-0.4, -0.2) is 17.5 Å². The fourth-order valence-corrected chi connectivity index (χ4v) is 3.89. The average Bonchev–Trinajstić information content (AvgIpc) is 2.77. The van der Waals surface area contributed by atoms with Gasteiger partial charge in [0.15, 0.2) is 0 Å². The Hall–Kier alpha value is -1.08. The van der Waals surface area contributed by atoms with Gasteiger partial charge in [-0.2, -0.15) is 0 Å². The molecule has 0 N–H and O–H groups in total. The maximum Gasteiger partial charge on any atom is 0.0311 e. The van der Waals surface area contributed by atoms with Gasteiger partial charge < -0.3 is 0 Å². The first-order valence-electron chi connectivity index (χ1n) is 7.65. The van der Waals surface area contributed by atoms with Gasteiger partial charge in [0.05, 0.1) is 0 Å². The van der Waals surface area contributed by atoms with Gasteiger partial charge in [0.1, 0.15) is 0 Å². The second-order valence-electron chi connectivity index (χ2n) is 6.32. The molecule has 1 aromatic carbocycles. The maximum absolute atomic E-state index is 2.70. The highest BCUT2D eigenvalue weighted by Gasteiger charge is 2.30. The minimum atomic E-state index is 0.744. The van der Waals surface area contributed by atoms with Gasteiger partial charge in [-0.05, 0) is 63.1 Å². The van der Waals surface area contributed by atoms with Gasteiger partial charge in [-0.25, -0.2) is 0 Å². The van der Waals surface area contributed by atoms with Crippen molar-refractivity contribution in [2.24, 2.45) is 0 Å². The number of fused-ring (bicyclic) bond motifs is 1. The third-order valence-corrected chi connectivity index (χ3v) is 4.85. The Labute approximate surface area is 117 Å². The molecular formula is C18H25N. The van der Waals surface area contributed by atoms with E-state index in [1.54, 1.807) is 11.1 Å². The van der Waals surface area contributed by atoms with Crippen molar-refractivity contribution in [1.82, 2.24) is 4.90 Å². The number of hydrogen-bond donors (Lipinski definition) is 0. The molecule has 1 heterocycles. The molecule has 1 aliphatic carbocycles. The van der Waals surface area contributed by atoms with Crippen LogP contribution in [0.4, 0.5) is 0 Å². The Morgan fingerprint density at radius 1 is 1.16 bits per heavy atom. The molecule has 1 aliphatic heterocycles. The van der Waals surface area contributed by atoms with Crippen LogP contribution in [0.2, 0.25) is 0 Å². The first-order chi connectivity index (χ1) is 9.15. The maximum atomic E-state index is 2.70. The van der Waals surface area contributed by atoms with Gasteiger partial charge in [-0.1, -0.05) is 29.3 Å². The van der Waals surface area contributed by atoms with Crippen molar-refractivity contribution in [3.8, 4) is 0 Å². The molecule has 0 bridgehead atoms. The van der Waals surface area contributed by atoms with E-state index in [1.165, 1.54) is 48.9 Å². The van der Waals surface area contributed by atoms with Crippen LogP contribution in [0.3, 0.4) is 0 Å². The number of nitrogens with zero attached hydrogens (tertiary/aromatic N) is 1. The minimum absolute atomic E-state index is 0.744. The highest BCUT2D eigenvalue weighted by atomic mass is 15.2. The summed E-state index contributed by atoms with van der Waals surface area (Å²) < 4.78 is 0. The molecule has 1 heteroatoms. The quantitative estimate of drug-likeness (QED) is 0.712. The topological polar surface area (TPSA) is 3.24 Å². The van der Waals surface area contributed by atoms with E-state index < -0.39 is 0 Å². The van der Waals surface area contributed by atoms with Crippen LogP contribution >= 0.6 is 0 Å². The lowest BCUT2D eigenvalue weighted by molar-refractivity contribution is 0.243. The van der Waals surface area contributed by atoms with E-state index in [0.717, 1.165) is 12.6 Å². The zero-order chi connectivity index (χ0) is 13.4. The predicted octanol–water partition coefficient (Wildman–Crippen LogP) is 4.30. The van der Waals surface area contributed by atoms with Gasteiger partial charge in [0.2, 0.25) is 0 Å². The van der Waals surface area contributed by atoms with Gasteiger partial charge >= 0.3 is 0 Å². The summed E-state index contributed by atoms with van der Waals surface area (Å²) >= 11 is 0. The fourth-order valence-electron chi connectivity index (χ4n) is 3.89. The lowest BCUT2D eigenvalue weighted by atomic mass is 9.94. The zero-order valence-electron chi connectivity index (χ0n) is 12.5. The number of likely N-dealkylation sites (tertiary alicyclic amines) is 1. The van der Waals surface area contributed by atoms with Crippen LogP contribution in [0.25, 0.3) is 0 Å². The molecule has 3 rings (SSSR count). The molecule has 19 heavy (non-hydrogen) atoms. The Kier molecular flexibility index (Phi) is 3.49. The average molecular weight is 255 g/mol. The van der Waals surface area contributed by atoms with Crippen molar-refractivity contribution in [3.63, 3.8) is 0 Å². The zero-order valence-corrected chi connectivity index (χ0v) is 12.5. The Morgan fingerprint density at radius 3 is 2.63 bits per heavy atom. The third-order valence-electron chi connectivity index (χ3n) is 4.85. The van der Waals surface area contributed by atoms with Gasteiger partial charge in [0, 0.05) is 19.1 Å². The molecule has 1 atom stereocenters. The standard InChI is InChI=1S/C18H25N/c1-13-10-14(2)17(15(3)11-13)12-19-9-8-16-6-4-5-7-18(16)19/h6,10-11,18H,4-5,7-9,12H2,1-3H3. The molecule has 0 amide bonds. The van der Waals surface area contributed by atoms with Crippen molar-refractivity contribution < 1.29 is 0 Å². The van der Waals surface area contributed by atoms with Crippen molar-refractivity contribution >= 4 is 0 Å². The Morgan fingerprint density at radius 2 is 1.89 bits per heavy atom. The highest BCUT2D eigenvalue weighted by molar-refractivity contribution is 5.38. The van der Waals surface area contributed by atoms with E-state index in [4.69, 9.17) is 0 Å². The monoisotopic (exact) mass is 255 g/mol. The van der Waals surface area contributed by atoms with Gasteiger partial charge in [-0.15, -0.1) is 0 Å². The summed E-state index contributed by atoms with van der Waals surface area (Å²) in [6.45, 7) is 9.12. The van der Waals surface area contributed by atoms with E-state index >= 15 is 0 Å². The van der Waals surface area contributed by atoms with E-state index in [1.807, 2.05) is 0 Å². The van der Waals surface area contributed by atoms with E-state index in [-0.39, 0.29) is 0 Å². The molecule has 1 unspecified atom stereocenters. The SMILES string of the molecule is Cc1cc(C)c(CN2CCC3=CCCCC32)c(C)c1. The summed E-state index contributed by atoms with van der Waals surface area (Å²) in [5.41, 5.74) is 7.58. The van der Waals surface area contributed by atoms with Crippen LogP contribution in [-0.2, 0) is 6.54 Å². The second-order valence-corrected chi connectivity index (χ2v) is 6.32. The van der Waals surface area contributed by atoms with E-state index in [2.05, 4.69) is 43.9 Å². The largest absolute Gasteiger partial charge is 0.292 e. The molecule has 2 aliphatic rings. The van der Waals surface area contributed by atoms with Gasteiger partial charge in [0.25, 0.3) is 0 Å². The smallest absolute Gasteiger partial charge is 0.0311 e. The molecule has 0 saturated carbocycles. The number of hydrogen-bond acceptors (Lipinski definition) is 1. The number of allylic oxidation sites excluding steroid dienone is 1. The summed E-state index contributed by atoms with van der Waals surface area (Å²) in [5.74, 6) is 0. The van der Waals surface area contributed by atoms with Crippen molar-refractivity contribution in [2.45, 2.75) is 59.0 Å². The van der Waals surface area contributed by atoms with Crippen LogP contribution in [0.5, 0.6) is 0 Å². The summed E-state index contributed by atoms with van der Waals surface area (Å²) in [7, 11) is 0. The second kappa shape index (κ2) is 5.13. The first kappa shape index (κ1) is 12.9. The molecule has 102 valence electrons. The Bertz CT molecular complexity index is 489. The highest BCUT2D eigenvalue weighted by Crippen LogP contribution is 2.33. The van der Waals surface area contributed by atoms with Crippen molar-refractivity contribution in [3.05, 3.63) is 46.0 Å². The molecule has 0 spiro atoms. The molecule has 1 nitrogen and oxygen atoms in total. The summed E-state index contributed by atoms with van der Waals surface area (Å²) in [5, 5.41) is 0. The molecule has 1 saturated heterocycles. The van der Waals surface area contributed by atoms with Crippen molar-refractivity contribution in [1.29, 1.82) is 0 Å². The molecule has 1 aromatic rings. The minimum Gasteiger partial charge on any atom is -0.292 e. The number of rotatable bonds is 2. The molecule has 1 fully saturated rings. The van der Waals surface area contributed by atoms with Crippen LogP contribution in [0.1, 0.15) is 47.9 Å². The lowest BCUT2D eigenvalue weighted by Gasteiger charge is -2.28. The molecular weight excluding hydrogens is 230 g/mol. The third kappa shape index (κ3) is 2.49. The molecule has 0 aromatic heterocycles.